The number of benzene rings is 1. The fourth-order valence-corrected chi connectivity index (χ4v) is 3.76. The van der Waals surface area contributed by atoms with Gasteiger partial charge in [0, 0.05) is 10.9 Å². The third-order valence-corrected chi connectivity index (χ3v) is 4.69. The van der Waals surface area contributed by atoms with Crippen molar-refractivity contribution in [3.05, 3.63) is 34.7 Å². The number of thiophene rings is 1. The molecule has 3 nitrogen and oxygen atoms in total. The molecule has 4 rings (SSSR count). The van der Waals surface area contributed by atoms with Gasteiger partial charge in [-0.3, -0.25) is 0 Å². The lowest BCUT2D eigenvalue weighted by molar-refractivity contribution is 0.476. The first kappa shape index (κ1) is 10.1. The van der Waals surface area contributed by atoms with E-state index in [4.69, 9.17) is 0 Å². The second kappa shape index (κ2) is 3.59. The number of aromatic hydroxyl groups is 1. The number of nitrogens with one attached hydrogen (secondary N) is 1. The van der Waals surface area contributed by atoms with Crippen molar-refractivity contribution in [3.8, 4) is 16.5 Å². The third-order valence-electron chi connectivity index (χ3n) is 3.45. The van der Waals surface area contributed by atoms with E-state index in [2.05, 4.69) is 16.0 Å². The van der Waals surface area contributed by atoms with Gasteiger partial charge in [-0.1, -0.05) is 0 Å². The zero-order chi connectivity index (χ0) is 12.1. The Balaban J connectivity index is 1.85. The lowest BCUT2D eigenvalue weighted by Crippen LogP contribution is -1.75. The van der Waals surface area contributed by atoms with Crippen LogP contribution >= 0.6 is 11.3 Å². The molecule has 0 amide bonds. The molecule has 2 aromatic heterocycles. The number of hydrogen-bond acceptors (Lipinski definition) is 3. The normalized spacial score (nSPS) is 14.2. The molecule has 0 spiro atoms. The maximum atomic E-state index is 9.46. The molecular weight excluding hydrogens is 244 g/mol. The molecule has 0 bridgehead atoms. The summed E-state index contributed by atoms with van der Waals surface area (Å²) in [6.07, 6.45) is 3.70. The molecular formula is C14H12N2OS. The van der Waals surface area contributed by atoms with Gasteiger partial charge in [-0.15, -0.1) is 11.3 Å². The Bertz CT molecular complexity index is 720. The summed E-state index contributed by atoms with van der Waals surface area (Å²) in [5, 5.41) is 9.46. The number of aromatic amines is 1. The van der Waals surface area contributed by atoms with Crippen molar-refractivity contribution in [1.29, 1.82) is 0 Å². The summed E-state index contributed by atoms with van der Waals surface area (Å²) in [6.45, 7) is 0. The number of aryl methyl sites for hydroxylation is 2. The number of hydrogen-bond donors (Lipinski definition) is 2. The quantitative estimate of drug-likeness (QED) is 0.700. The lowest BCUT2D eigenvalue weighted by atomic mass is 10.2. The molecule has 0 atom stereocenters. The van der Waals surface area contributed by atoms with E-state index in [9.17, 15) is 5.11 Å². The highest BCUT2D eigenvalue weighted by molar-refractivity contribution is 7.15. The predicted octanol–water partition coefficient (Wildman–Crippen LogP) is 3.49. The summed E-state index contributed by atoms with van der Waals surface area (Å²) < 4.78 is 0. The van der Waals surface area contributed by atoms with E-state index in [1.165, 1.54) is 34.6 Å². The number of phenolic OH excluding ortho intramolecular Hbond substituents is 1. The van der Waals surface area contributed by atoms with Crippen LogP contribution in [0.1, 0.15) is 16.9 Å². The second-order valence-corrected chi connectivity index (χ2v) is 5.84. The van der Waals surface area contributed by atoms with Gasteiger partial charge in [0.1, 0.15) is 11.6 Å². The van der Waals surface area contributed by atoms with E-state index >= 15 is 0 Å². The standard InChI is InChI=1S/C14H12N2OS/c17-9-4-5-10-11(7-9)16-14(15-10)13-6-8-2-1-3-12(8)18-13/h4-7,17H,1-3H2,(H,15,16). The highest BCUT2D eigenvalue weighted by atomic mass is 32.1. The molecule has 0 saturated heterocycles. The summed E-state index contributed by atoms with van der Waals surface area (Å²) in [5.41, 5.74) is 3.27. The molecule has 1 aliphatic carbocycles. The largest absolute Gasteiger partial charge is 0.508 e. The molecule has 1 aromatic carbocycles. The first-order valence-corrected chi connectivity index (χ1v) is 6.92. The van der Waals surface area contributed by atoms with E-state index in [-0.39, 0.29) is 5.75 Å². The van der Waals surface area contributed by atoms with E-state index in [0.717, 1.165) is 16.9 Å². The van der Waals surface area contributed by atoms with Gasteiger partial charge >= 0.3 is 0 Å². The monoisotopic (exact) mass is 256 g/mol. The number of rotatable bonds is 1. The van der Waals surface area contributed by atoms with Gasteiger partial charge in [0.2, 0.25) is 0 Å². The first-order chi connectivity index (χ1) is 8.79. The third kappa shape index (κ3) is 1.46. The molecule has 0 aliphatic heterocycles. The Morgan fingerprint density at radius 3 is 3.06 bits per heavy atom. The summed E-state index contributed by atoms with van der Waals surface area (Å²) in [4.78, 5) is 10.6. The summed E-state index contributed by atoms with van der Waals surface area (Å²) in [5.74, 6) is 1.18. The van der Waals surface area contributed by atoms with Crippen molar-refractivity contribution in [3.63, 3.8) is 0 Å². The molecule has 1 aliphatic rings. The number of nitrogens with zero attached hydrogens (tertiary/aromatic N) is 1. The second-order valence-electron chi connectivity index (χ2n) is 4.70. The van der Waals surface area contributed by atoms with Crippen LogP contribution in [0.5, 0.6) is 5.75 Å². The van der Waals surface area contributed by atoms with Gasteiger partial charge in [0.25, 0.3) is 0 Å². The minimum atomic E-state index is 0.270. The van der Waals surface area contributed by atoms with Crippen molar-refractivity contribution in [2.75, 3.05) is 0 Å². The minimum Gasteiger partial charge on any atom is -0.508 e. The molecule has 3 aromatic rings. The molecule has 2 N–H and O–H groups in total. The number of fused-ring (bicyclic) bond motifs is 2. The van der Waals surface area contributed by atoms with Crippen LogP contribution in [0.4, 0.5) is 0 Å². The average molecular weight is 256 g/mol. The smallest absolute Gasteiger partial charge is 0.148 e. The summed E-state index contributed by atoms with van der Waals surface area (Å²) in [6, 6.07) is 7.48. The fraction of sp³-hybridized carbons (Fsp3) is 0.214. The van der Waals surface area contributed by atoms with Crippen LogP contribution in [0.3, 0.4) is 0 Å². The lowest BCUT2D eigenvalue weighted by Gasteiger charge is -1.90. The number of aromatic nitrogens is 2. The highest BCUT2D eigenvalue weighted by Crippen LogP contribution is 2.36. The predicted molar refractivity (Wildman–Crippen MR) is 73.1 cm³/mol. The van der Waals surface area contributed by atoms with E-state index in [1.54, 1.807) is 12.1 Å². The molecule has 0 saturated carbocycles. The van der Waals surface area contributed by atoms with Crippen molar-refractivity contribution in [1.82, 2.24) is 9.97 Å². The fourth-order valence-electron chi connectivity index (χ4n) is 2.56. The van der Waals surface area contributed by atoms with Crippen molar-refractivity contribution in [2.24, 2.45) is 0 Å². The van der Waals surface area contributed by atoms with Crippen LogP contribution in [0.25, 0.3) is 21.7 Å². The zero-order valence-electron chi connectivity index (χ0n) is 9.73. The van der Waals surface area contributed by atoms with Gasteiger partial charge in [0.15, 0.2) is 0 Å². The Kier molecular flexibility index (Phi) is 2.02. The highest BCUT2D eigenvalue weighted by Gasteiger charge is 2.17. The number of H-pyrrole nitrogens is 1. The van der Waals surface area contributed by atoms with Crippen molar-refractivity contribution < 1.29 is 5.11 Å². The molecule has 0 unspecified atom stereocenters. The number of phenols is 1. The zero-order valence-corrected chi connectivity index (χ0v) is 10.5. The van der Waals surface area contributed by atoms with Crippen molar-refractivity contribution in [2.45, 2.75) is 19.3 Å². The van der Waals surface area contributed by atoms with E-state index in [1.807, 2.05) is 17.4 Å². The molecule has 90 valence electrons. The number of imidazole rings is 1. The molecule has 0 fully saturated rings. The summed E-state index contributed by atoms with van der Waals surface area (Å²) in [7, 11) is 0. The Morgan fingerprint density at radius 1 is 1.22 bits per heavy atom. The molecule has 0 radical (unpaired) electrons. The average Bonchev–Trinajstić information content (AvgIpc) is 2.99. The van der Waals surface area contributed by atoms with Crippen LogP contribution in [0.15, 0.2) is 24.3 Å². The minimum absolute atomic E-state index is 0.270. The maximum absolute atomic E-state index is 9.46. The topological polar surface area (TPSA) is 48.9 Å². The maximum Gasteiger partial charge on any atom is 0.148 e. The Hall–Kier alpha value is -1.81. The molecule has 18 heavy (non-hydrogen) atoms. The van der Waals surface area contributed by atoms with Gasteiger partial charge in [-0.05, 0) is 43.0 Å². The van der Waals surface area contributed by atoms with Crippen LogP contribution in [-0.2, 0) is 12.8 Å². The molecule has 4 heteroatoms. The first-order valence-electron chi connectivity index (χ1n) is 6.10. The Morgan fingerprint density at radius 2 is 2.17 bits per heavy atom. The van der Waals surface area contributed by atoms with Gasteiger partial charge < -0.3 is 10.1 Å². The van der Waals surface area contributed by atoms with Crippen LogP contribution < -0.4 is 0 Å². The SMILES string of the molecule is Oc1ccc2nc(-c3cc4c(s3)CCC4)[nH]c2c1. The van der Waals surface area contributed by atoms with Gasteiger partial charge in [-0.25, -0.2) is 4.98 Å². The van der Waals surface area contributed by atoms with Crippen LogP contribution in [0.2, 0.25) is 0 Å². The summed E-state index contributed by atoms with van der Waals surface area (Å²) >= 11 is 1.84. The van der Waals surface area contributed by atoms with E-state index < -0.39 is 0 Å². The van der Waals surface area contributed by atoms with Gasteiger partial charge in [0.05, 0.1) is 15.9 Å². The Labute approximate surface area is 108 Å². The van der Waals surface area contributed by atoms with Crippen molar-refractivity contribution >= 4 is 22.4 Å². The van der Waals surface area contributed by atoms with Crippen LogP contribution in [-0.4, -0.2) is 15.1 Å². The van der Waals surface area contributed by atoms with E-state index in [0.29, 0.717) is 0 Å². The van der Waals surface area contributed by atoms with Gasteiger partial charge in [-0.2, -0.15) is 0 Å². The van der Waals surface area contributed by atoms with Crippen LogP contribution in [0, 0.1) is 0 Å². The molecule has 2 heterocycles.